The van der Waals surface area contributed by atoms with Gasteiger partial charge in [0, 0.05) is 22.5 Å². The van der Waals surface area contributed by atoms with Gasteiger partial charge in [-0.2, -0.15) is 0 Å². The maximum atomic E-state index is 2.51. The van der Waals surface area contributed by atoms with Crippen LogP contribution in [0.25, 0.3) is 66.7 Å². The van der Waals surface area contributed by atoms with E-state index in [2.05, 4.69) is 219 Å². The highest BCUT2D eigenvalue weighted by Crippen LogP contribution is 2.54. The highest BCUT2D eigenvalue weighted by molar-refractivity contribution is 6.22. The fraction of sp³-hybridized carbons (Fsp3) is 0.0566. The van der Waals surface area contributed by atoms with E-state index in [4.69, 9.17) is 0 Å². The number of anilines is 3. The molecular weight excluding hydrogens is 651 g/mol. The van der Waals surface area contributed by atoms with Gasteiger partial charge in [0.25, 0.3) is 0 Å². The second-order valence-electron chi connectivity index (χ2n) is 14.9. The summed E-state index contributed by atoms with van der Waals surface area (Å²) in [5, 5.41) is 7.66. The standard InChI is InChI=1S/C53H39N/c1-53(2)49-28-16-15-27-47(49)52-46-26-14-11-23-42(46)48(35-50(52)53)51-44-24-12-9-21-40(44)43(41-22-10-13-25-45(41)51)34-31-36-29-32-39(33-30-36)54(37-17-5-3-6-18-37)38-19-7-4-8-20-38/h3-35H,1-2H3/b34-31+. The SMILES string of the molecule is CC1(C)c2ccccc2-c2c1cc(-c1c3ccccc3c(/C=C/c3ccc(N(c4ccccc4)c4ccccc4)cc3)c3ccccc13)c1ccccc21. The van der Waals surface area contributed by atoms with Crippen molar-refractivity contribution >= 4 is 61.5 Å². The van der Waals surface area contributed by atoms with Crippen LogP contribution < -0.4 is 4.90 Å². The number of nitrogens with zero attached hydrogens (tertiary/aromatic N) is 1. The van der Waals surface area contributed by atoms with E-state index in [1.807, 2.05) is 0 Å². The van der Waals surface area contributed by atoms with Crippen LogP contribution in [-0.2, 0) is 5.41 Å². The molecule has 0 heterocycles. The van der Waals surface area contributed by atoms with Gasteiger partial charge in [0.1, 0.15) is 0 Å². The van der Waals surface area contributed by atoms with Gasteiger partial charge in [-0.15, -0.1) is 0 Å². The highest BCUT2D eigenvalue weighted by Gasteiger charge is 2.37. The summed E-state index contributed by atoms with van der Waals surface area (Å²) in [5.41, 5.74) is 13.8. The molecule has 0 saturated carbocycles. The summed E-state index contributed by atoms with van der Waals surface area (Å²) in [6.45, 7) is 4.77. The van der Waals surface area contributed by atoms with E-state index in [1.54, 1.807) is 0 Å². The Labute approximate surface area is 317 Å². The van der Waals surface area contributed by atoms with Crippen LogP contribution >= 0.6 is 0 Å². The molecule has 1 heteroatoms. The van der Waals surface area contributed by atoms with Gasteiger partial charge in [-0.05, 0) is 119 Å². The minimum Gasteiger partial charge on any atom is -0.311 e. The maximum Gasteiger partial charge on any atom is 0.0462 e. The first-order valence-electron chi connectivity index (χ1n) is 18.9. The van der Waals surface area contributed by atoms with Crippen LogP contribution in [-0.4, -0.2) is 0 Å². The zero-order valence-electron chi connectivity index (χ0n) is 30.5. The molecule has 0 spiro atoms. The van der Waals surface area contributed by atoms with Crippen LogP contribution in [0.3, 0.4) is 0 Å². The molecule has 0 aliphatic heterocycles. The topological polar surface area (TPSA) is 3.24 Å². The first kappa shape index (κ1) is 32.0. The van der Waals surface area contributed by atoms with E-state index in [-0.39, 0.29) is 5.41 Å². The lowest BCUT2D eigenvalue weighted by molar-refractivity contribution is 0.661. The first-order valence-corrected chi connectivity index (χ1v) is 18.9. The van der Waals surface area contributed by atoms with Crippen LogP contribution in [0, 0.1) is 0 Å². The number of rotatable bonds is 6. The smallest absolute Gasteiger partial charge is 0.0462 e. The maximum absolute atomic E-state index is 2.51. The molecule has 1 aliphatic rings. The van der Waals surface area contributed by atoms with Gasteiger partial charge in [0.15, 0.2) is 0 Å². The Morgan fingerprint density at radius 1 is 0.370 bits per heavy atom. The van der Waals surface area contributed by atoms with E-state index in [9.17, 15) is 0 Å². The van der Waals surface area contributed by atoms with E-state index in [0.717, 1.165) is 22.6 Å². The second kappa shape index (κ2) is 12.8. The van der Waals surface area contributed by atoms with E-state index < -0.39 is 0 Å². The van der Waals surface area contributed by atoms with Crippen molar-refractivity contribution in [3.8, 4) is 22.3 Å². The molecule has 0 fully saturated rings. The van der Waals surface area contributed by atoms with Gasteiger partial charge in [-0.3, -0.25) is 0 Å². The lowest BCUT2D eigenvalue weighted by Crippen LogP contribution is -2.15. The molecule has 1 nitrogen and oxygen atoms in total. The zero-order chi connectivity index (χ0) is 36.2. The molecule has 0 saturated heterocycles. The number of hydrogen-bond acceptors (Lipinski definition) is 1. The van der Waals surface area contributed by atoms with Crippen molar-refractivity contribution in [1.29, 1.82) is 0 Å². The Balaban J connectivity index is 1.12. The first-order chi connectivity index (χ1) is 26.6. The van der Waals surface area contributed by atoms with Crippen molar-refractivity contribution in [2.75, 3.05) is 4.90 Å². The molecule has 0 bridgehead atoms. The molecule has 9 aromatic rings. The van der Waals surface area contributed by atoms with Crippen molar-refractivity contribution in [3.63, 3.8) is 0 Å². The fourth-order valence-corrected chi connectivity index (χ4v) is 8.90. The molecule has 10 rings (SSSR count). The third kappa shape index (κ3) is 5.08. The third-order valence-corrected chi connectivity index (χ3v) is 11.5. The lowest BCUT2D eigenvalue weighted by atomic mass is 9.79. The van der Waals surface area contributed by atoms with E-state index in [0.29, 0.717) is 0 Å². The van der Waals surface area contributed by atoms with Gasteiger partial charge >= 0.3 is 0 Å². The molecule has 256 valence electrons. The highest BCUT2D eigenvalue weighted by atomic mass is 15.1. The van der Waals surface area contributed by atoms with Crippen molar-refractivity contribution in [2.45, 2.75) is 19.3 Å². The number of para-hydroxylation sites is 2. The van der Waals surface area contributed by atoms with E-state index >= 15 is 0 Å². The monoisotopic (exact) mass is 689 g/mol. The van der Waals surface area contributed by atoms with Gasteiger partial charge in [-0.1, -0.05) is 172 Å². The summed E-state index contributed by atoms with van der Waals surface area (Å²) in [6, 6.07) is 68.5. The van der Waals surface area contributed by atoms with Crippen LogP contribution in [0.4, 0.5) is 17.1 Å². The fourth-order valence-electron chi connectivity index (χ4n) is 8.90. The van der Waals surface area contributed by atoms with E-state index in [1.165, 1.54) is 71.3 Å². The number of fused-ring (bicyclic) bond motifs is 7. The predicted octanol–water partition coefficient (Wildman–Crippen LogP) is 14.8. The zero-order valence-corrected chi connectivity index (χ0v) is 30.5. The molecule has 0 atom stereocenters. The Hall–Kier alpha value is -6.70. The van der Waals surface area contributed by atoms with Crippen molar-refractivity contribution in [2.24, 2.45) is 0 Å². The predicted molar refractivity (Wildman–Crippen MR) is 232 cm³/mol. The number of benzene rings is 9. The molecule has 0 unspecified atom stereocenters. The van der Waals surface area contributed by atoms with Crippen molar-refractivity contribution < 1.29 is 0 Å². The van der Waals surface area contributed by atoms with Crippen LogP contribution in [0.15, 0.2) is 188 Å². The molecular formula is C53H39N. The molecule has 0 N–H and O–H groups in total. The lowest BCUT2D eigenvalue weighted by Gasteiger charge is -2.25. The summed E-state index contributed by atoms with van der Waals surface area (Å²) >= 11 is 0. The summed E-state index contributed by atoms with van der Waals surface area (Å²) in [6.07, 6.45) is 4.58. The Morgan fingerprint density at radius 3 is 1.43 bits per heavy atom. The van der Waals surface area contributed by atoms with Crippen molar-refractivity contribution in [1.82, 2.24) is 0 Å². The molecule has 9 aromatic carbocycles. The van der Waals surface area contributed by atoms with Crippen LogP contribution in [0.5, 0.6) is 0 Å². The Morgan fingerprint density at radius 2 is 0.833 bits per heavy atom. The van der Waals surface area contributed by atoms with Gasteiger partial charge in [0.05, 0.1) is 0 Å². The number of hydrogen-bond donors (Lipinski definition) is 0. The average molecular weight is 690 g/mol. The van der Waals surface area contributed by atoms with Gasteiger partial charge in [-0.25, -0.2) is 0 Å². The molecule has 0 radical (unpaired) electrons. The Bertz CT molecular complexity index is 2780. The molecule has 1 aliphatic carbocycles. The minimum atomic E-state index is -0.103. The van der Waals surface area contributed by atoms with Crippen LogP contribution in [0.2, 0.25) is 0 Å². The molecule has 54 heavy (non-hydrogen) atoms. The quantitative estimate of drug-likeness (QED) is 0.124. The van der Waals surface area contributed by atoms with Crippen LogP contribution in [0.1, 0.15) is 36.1 Å². The third-order valence-electron chi connectivity index (χ3n) is 11.5. The minimum absolute atomic E-state index is 0.103. The summed E-state index contributed by atoms with van der Waals surface area (Å²) in [5.74, 6) is 0. The summed E-state index contributed by atoms with van der Waals surface area (Å²) in [7, 11) is 0. The molecule has 0 amide bonds. The largest absolute Gasteiger partial charge is 0.311 e. The van der Waals surface area contributed by atoms with Crippen molar-refractivity contribution in [3.05, 3.63) is 210 Å². The summed E-state index contributed by atoms with van der Waals surface area (Å²) in [4.78, 5) is 2.30. The van der Waals surface area contributed by atoms with Gasteiger partial charge in [0.2, 0.25) is 0 Å². The van der Waals surface area contributed by atoms with Gasteiger partial charge < -0.3 is 4.90 Å². The Kier molecular flexibility index (Phi) is 7.56. The molecule has 0 aromatic heterocycles. The normalized spacial score (nSPS) is 13.1. The second-order valence-corrected chi connectivity index (χ2v) is 14.9. The summed E-state index contributed by atoms with van der Waals surface area (Å²) < 4.78 is 0. The average Bonchev–Trinajstić information content (AvgIpc) is 3.46.